The molecule has 3 aromatic heterocycles. The number of nitrogens with zero attached hydrogens (tertiary/aromatic N) is 5. The van der Waals surface area contributed by atoms with Crippen LogP contribution < -0.4 is 0 Å². The van der Waals surface area contributed by atoms with Crippen molar-refractivity contribution in [2.24, 2.45) is 0 Å². The summed E-state index contributed by atoms with van der Waals surface area (Å²) in [6.45, 7) is 0. The van der Waals surface area contributed by atoms with Gasteiger partial charge in [0.05, 0.1) is 33.2 Å². The second-order valence-electron chi connectivity index (χ2n) is 16.7. The fourth-order valence-electron chi connectivity index (χ4n) is 11.1. The lowest BCUT2D eigenvalue weighted by Gasteiger charge is -2.34. The summed E-state index contributed by atoms with van der Waals surface area (Å²) in [5, 5.41) is 4.81. The van der Waals surface area contributed by atoms with Crippen molar-refractivity contribution in [3.63, 3.8) is 0 Å². The van der Waals surface area contributed by atoms with Gasteiger partial charge >= 0.3 is 0 Å². The summed E-state index contributed by atoms with van der Waals surface area (Å²) in [6.07, 6.45) is 0. The number of fused-ring (bicyclic) bond motifs is 9. The van der Waals surface area contributed by atoms with E-state index in [4.69, 9.17) is 15.0 Å². The van der Waals surface area contributed by atoms with Crippen molar-refractivity contribution >= 4 is 43.6 Å². The van der Waals surface area contributed by atoms with Gasteiger partial charge in [0.25, 0.3) is 0 Å². The van der Waals surface area contributed by atoms with Crippen LogP contribution in [0.15, 0.2) is 212 Å². The minimum atomic E-state index is -0.662. The van der Waals surface area contributed by atoms with Gasteiger partial charge in [-0.1, -0.05) is 176 Å². The molecule has 0 spiro atoms. The van der Waals surface area contributed by atoms with Crippen LogP contribution in [0.25, 0.3) is 100 Å². The van der Waals surface area contributed by atoms with E-state index in [0.717, 1.165) is 49.7 Å². The Hall–Kier alpha value is -8.41. The van der Waals surface area contributed by atoms with E-state index in [2.05, 4.69) is 203 Å². The van der Waals surface area contributed by atoms with Crippen LogP contribution in [0, 0.1) is 0 Å². The highest BCUT2D eigenvalue weighted by atomic mass is 15.2. The molecule has 0 unspecified atom stereocenters. The van der Waals surface area contributed by atoms with Crippen molar-refractivity contribution in [3.8, 4) is 56.7 Å². The van der Waals surface area contributed by atoms with Gasteiger partial charge in [-0.15, -0.1) is 0 Å². The molecule has 1 aliphatic heterocycles. The van der Waals surface area contributed by atoms with E-state index >= 15 is 0 Å². The number of para-hydroxylation sites is 4. The molecule has 9 aromatic carbocycles. The summed E-state index contributed by atoms with van der Waals surface area (Å²) in [5.41, 5.74) is 16.6. The van der Waals surface area contributed by atoms with Crippen molar-refractivity contribution in [2.45, 2.75) is 5.41 Å². The highest BCUT2D eigenvalue weighted by molar-refractivity contribution is 6.19. The first-order chi connectivity index (χ1) is 31.3. The van der Waals surface area contributed by atoms with Gasteiger partial charge in [0, 0.05) is 43.8 Å². The van der Waals surface area contributed by atoms with Gasteiger partial charge in [-0.25, -0.2) is 4.98 Å². The molecule has 0 amide bonds. The van der Waals surface area contributed by atoms with Crippen LogP contribution in [-0.4, -0.2) is 24.1 Å². The van der Waals surface area contributed by atoms with Gasteiger partial charge in [-0.3, -0.25) is 4.57 Å². The second kappa shape index (κ2) is 12.8. The molecule has 2 aliphatic rings. The lowest BCUT2D eigenvalue weighted by atomic mass is 9.67. The average molecular weight is 802 g/mol. The molecule has 4 heterocycles. The van der Waals surface area contributed by atoms with E-state index in [1.165, 1.54) is 55.2 Å². The first kappa shape index (κ1) is 34.3. The number of hydrogen-bond acceptors (Lipinski definition) is 3. The fraction of sp³-hybridized carbons (Fsp3) is 0.0172. The minimum Gasteiger partial charge on any atom is -0.308 e. The topological polar surface area (TPSA) is 48.5 Å². The maximum Gasteiger partial charge on any atom is 0.238 e. The smallest absolute Gasteiger partial charge is 0.238 e. The van der Waals surface area contributed by atoms with Crippen LogP contribution in [0.2, 0.25) is 0 Å². The standard InChI is InChI=1S/C58H35N5/c1-4-18-36(19-5-1)55-59-56(61-57(60-55)63-50-30-16-10-24-40(50)41-25-11-17-31-51(41)63)37-34-45-43-27-13-15-29-49(43)62-48-28-14-12-26-42(48)44-32-33-46-53(54(44)62)52(45)47(35-37)58(46,38-20-6-2-7-21-38)39-22-8-3-9-23-39/h1-35H. The SMILES string of the molecule is c1ccc(-c2nc(-c3cc4c5c(c3)C(c3ccccc3)(c3ccccc3)c3ccc6c7ccccc7n(c6c3-5)-c3ccccc3-4)nc(-n3c4ccccc4c4ccccc43)n2)cc1. The van der Waals surface area contributed by atoms with Crippen LogP contribution >= 0.6 is 0 Å². The van der Waals surface area contributed by atoms with Gasteiger partial charge in [0.2, 0.25) is 5.95 Å². The second-order valence-corrected chi connectivity index (χ2v) is 16.7. The predicted molar refractivity (Wildman–Crippen MR) is 256 cm³/mol. The Morgan fingerprint density at radius 1 is 0.349 bits per heavy atom. The highest BCUT2D eigenvalue weighted by Crippen LogP contribution is 2.63. The van der Waals surface area contributed by atoms with E-state index in [-0.39, 0.29) is 0 Å². The summed E-state index contributed by atoms with van der Waals surface area (Å²) in [5.74, 6) is 1.81. The number of benzene rings is 9. The molecule has 0 N–H and O–H groups in total. The number of rotatable bonds is 5. The summed E-state index contributed by atoms with van der Waals surface area (Å²) in [6, 6.07) is 76.8. The van der Waals surface area contributed by atoms with Gasteiger partial charge < -0.3 is 4.57 Å². The molecule has 292 valence electrons. The van der Waals surface area contributed by atoms with Crippen molar-refractivity contribution in [1.82, 2.24) is 24.1 Å². The van der Waals surface area contributed by atoms with Crippen LogP contribution in [-0.2, 0) is 5.41 Å². The molecule has 63 heavy (non-hydrogen) atoms. The summed E-state index contributed by atoms with van der Waals surface area (Å²) >= 11 is 0. The molecule has 0 bridgehead atoms. The first-order valence-electron chi connectivity index (χ1n) is 21.5. The van der Waals surface area contributed by atoms with E-state index in [9.17, 15) is 0 Å². The van der Waals surface area contributed by atoms with Crippen LogP contribution in [0.1, 0.15) is 22.3 Å². The van der Waals surface area contributed by atoms with Crippen LogP contribution in [0.5, 0.6) is 0 Å². The largest absolute Gasteiger partial charge is 0.308 e. The molecule has 0 saturated carbocycles. The molecule has 14 rings (SSSR count). The molecule has 0 atom stereocenters. The molecule has 0 fully saturated rings. The highest BCUT2D eigenvalue weighted by Gasteiger charge is 2.49. The third kappa shape index (κ3) is 4.57. The Morgan fingerprint density at radius 3 is 1.52 bits per heavy atom. The Labute approximate surface area is 362 Å². The maximum absolute atomic E-state index is 5.51. The van der Waals surface area contributed by atoms with Gasteiger partial charge in [-0.2, -0.15) is 9.97 Å². The molecule has 5 heteroatoms. The zero-order valence-corrected chi connectivity index (χ0v) is 33.9. The van der Waals surface area contributed by atoms with Gasteiger partial charge in [0.15, 0.2) is 11.6 Å². The number of hydrogen-bond donors (Lipinski definition) is 0. The lowest BCUT2D eigenvalue weighted by Crippen LogP contribution is -2.28. The predicted octanol–water partition coefficient (Wildman–Crippen LogP) is 13.7. The Morgan fingerprint density at radius 2 is 0.873 bits per heavy atom. The van der Waals surface area contributed by atoms with Gasteiger partial charge in [-0.05, 0) is 69.8 Å². The first-order valence-corrected chi connectivity index (χ1v) is 21.5. The Bertz CT molecular complexity index is 3750. The molecule has 0 saturated heterocycles. The minimum absolute atomic E-state index is 0.577. The van der Waals surface area contributed by atoms with E-state index in [1.54, 1.807) is 0 Å². The normalized spacial score (nSPS) is 13.2. The number of aromatic nitrogens is 5. The summed E-state index contributed by atoms with van der Waals surface area (Å²) < 4.78 is 4.72. The zero-order chi connectivity index (χ0) is 41.2. The lowest BCUT2D eigenvalue weighted by molar-refractivity contribution is 0.769. The van der Waals surface area contributed by atoms with E-state index < -0.39 is 5.41 Å². The fourth-order valence-corrected chi connectivity index (χ4v) is 11.1. The monoisotopic (exact) mass is 801 g/mol. The van der Waals surface area contributed by atoms with Crippen LogP contribution in [0.4, 0.5) is 0 Å². The van der Waals surface area contributed by atoms with Crippen molar-refractivity contribution in [1.29, 1.82) is 0 Å². The Balaban J connectivity index is 1.16. The maximum atomic E-state index is 5.51. The molecule has 12 aromatic rings. The van der Waals surface area contributed by atoms with Crippen molar-refractivity contribution in [3.05, 3.63) is 235 Å². The zero-order valence-electron chi connectivity index (χ0n) is 33.9. The van der Waals surface area contributed by atoms with Crippen LogP contribution in [0.3, 0.4) is 0 Å². The van der Waals surface area contributed by atoms with Gasteiger partial charge in [0.1, 0.15) is 0 Å². The van der Waals surface area contributed by atoms with E-state index in [1.807, 2.05) is 18.2 Å². The average Bonchev–Trinajstić information content (AvgIpc) is 3.95. The molecule has 5 nitrogen and oxygen atoms in total. The molecular formula is C58H35N5. The third-order valence-corrected chi connectivity index (χ3v) is 13.6. The van der Waals surface area contributed by atoms with E-state index in [0.29, 0.717) is 17.6 Å². The quantitative estimate of drug-likeness (QED) is 0.174. The molecular weight excluding hydrogens is 767 g/mol. The van der Waals surface area contributed by atoms with Crippen molar-refractivity contribution in [2.75, 3.05) is 0 Å². The molecule has 0 radical (unpaired) electrons. The summed E-state index contributed by atoms with van der Waals surface area (Å²) in [4.78, 5) is 16.2. The third-order valence-electron chi connectivity index (χ3n) is 13.6. The van der Waals surface area contributed by atoms with Crippen molar-refractivity contribution < 1.29 is 0 Å². The summed E-state index contributed by atoms with van der Waals surface area (Å²) in [7, 11) is 0. The molecule has 1 aliphatic carbocycles. The Kier molecular flexibility index (Phi) is 6.97.